The van der Waals surface area contributed by atoms with Gasteiger partial charge in [-0.1, -0.05) is 33.6 Å². The number of nitrogens with zero attached hydrogens (tertiary/aromatic N) is 1. The van der Waals surface area contributed by atoms with Gasteiger partial charge in [0.2, 0.25) is 0 Å². The number of hydrogen-bond donors (Lipinski definition) is 1. The Bertz CT molecular complexity index is 326. The molecule has 3 nitrogen and oxygen atoms in total. The molecule has 0 spiro atoms. The summed E-state index contributed by atoms with van der Waals surface area (Å²) in [5.74, 6) is -0.0651. The van der Waals surface area contributed by atoms with Gasteiger partial charge in [-0.25, -0.2) is 0 Å². The van der Waals surface area contributed by atoms with Gasteiger partial charge in [0, 0.05) is 6.04 Å². The summed E-state index contributed by atoms with van der Waals surface area (Å²) in [6.45, 7) is 9.12. The minimum atomic E-state index is -0.577. The van der Waals surface area contributed by atoms with Crippen LogP contribution >= 0.6 is 0 Å². The summed E-state index contributed by atoms with van der Waals surface area (Å²) in [7, 11) is 0. The summed E-state index contributed by atoms with van der Waals surface area (Å²) >= 11 is 0. The van der Waals surface area contributed by atoms with E-state index >= 15 is 0 Å². The standard InChI is InChI=1S/C17H31NO2/c1-17(2,3)13-8-9-14(16(19)20)15(12-13)18-10-6-4-5-7-11-18/h13-15H,4-12H2,1-3H3,(H,19,20). The molecule has 1 saturated carbocycles. The summed E-state index contributed by atoms with van der Waals surface area (Å²) in [5.41, 5.74) is 0.299. The van der Waals surface area contributed by atoms with E-state index in [9.17, 15) is 9.90 Å². The molecule has 3 unspecified atom stereocenters. The highest BCUT2D eigenvalue weighted by Crippen LogP contribution is 2.42. The quantitative estimate of drug-likeness (QED) is 0.837. The van der Waals surface area contributed by atoms with E-state index < -0.39 is 5.97 Å². The van der Waals surface area contributed by atoms with Crippen molar-refractivity contribution in [1.82, 2.24) is 4.90 Å². The minimum Gasteiger partial charge on any atom is -0.481 e. The van der Waals surface area contributed by atoms with Crippen molar-refractivity contribution in [2.75, 3.05) is 13.1 Å². The lowest BCUT2D eigenvalue weighted by molar-refractivity contribution is -0.147. The molecule has 20 heavy (non-hydrogen) atoms. The number of rotatable bonds is 2. The van der Waals surface area contributed by atoms with Gasteiger partial charge in [0.15, 0.2) is 0 Å². The van der Waals surface area contributed by atoms with Crippen molar-refractivity contribution in [3.8, 4) is 0 Å². The van der Waals surface area contributed by atoms with Gasteiger partial charge in [0.1, 0.15) is 0 Å². The van der Waals surface area contributed by atoms with Crippen LogP contribution in [0.15, 0.2) is 0 Å². The summed E-state index contributed by atoms with van der Waals surface area (Å²) in [5, 5.41) is 9.57. The Balaban J connectivity index is 2.11. The molecule has 1 N–H and O–H groups in total. The van der Waals surface area contributed by atoms with Crippen LogP contribution in [0.4, 0.5) is 0 Å². The number of likely N-dealkylation sites (tertiary alicyclic amines) is 1. The van der Waals surface area contributed by atoms with E-state index in [1.54, 1.807) is 0 Å². The van der Waals surface area contributed by atoms with Crippen molar-refractivity contribution in [2.24, 2.45) is 17.3 Å². The molecule has 2 fully saturated rings. The topological polar surface area (TPSA) is 40.5 Å². The van der Waals surface area contributed by atoms with Crippen molar-refractivity contribution in [1.29, 1.82) is 0 Å². The molecule has 0 bridgehead atoms. The second-order valence-corrected chi connectivity index (χ2v) is 7.84. The largest absolute Gasteiger partial charge is 0.481 e. The Hall–Kier alpha value is -0.570. The fourth-order valence-corrected chi connectivity index (χ4v) is 4.05. The van der Waals surface area contributed by atoms with Gasteiger partial charge in [-0.15, -0.1) is 0 Å². The van der Waals surface area contributed by atoms with E-state index in [0.717, 1.165) is 32.4 Å². The van der Waals surface area contributed by atoms with Crippen molar-refractivity contribution < 1.29 is 9.90 Å². The van der Waals surface area contributed by atoms with Crippen LogP contribution < -0.4 is 0 Å². The average Bonchev–Trinajstić information content (AvgIpc) is 2.65. The number of carboxylic acid groups (broad SMARTS) is 1. The molecule has 1 aliphatic carbocycles. The van der Waals surface area contributed by atoms with Crippen LogP contribution in [0.3, 0.4) is 0 Å². The summed E-state index contributed by atoms with van der Waals surface area (Å²) in [6, 6.07) is 0.267. The molecule has 1 aliphatic heterocycles. The maximum absolute atomic E-state index is 11.6. The predicted octanol–water partition coefficient (Wildman–Crippen LogP) is 3.78. The van der Waals surface area contributed by atoms with Crippen molar-refractivity contribution in [2.45, 2.75) is 71.8 Å². The zero-order chi connectivity index (χ0) is 14.8. The van der Waals surface area contributed by atoms with Gasteiger partial charge >= 0.3 is 5.97 Å². The van der Waals surface area contributed by atoms with E-state index in [1.807, 2.05) is 0 Å². The molecule has 116 valence electrons. The smallest absolute Gasteiger partial charge is 0.308 e. The normalized spacial score (nSPS) is 33.6. The molecule has 0 aromatic rings. The number of aliphatic carboxylic acids is 1. The Morgan fingerprint density at radius 1 is 1.05 bits per heavy atom. The first kappa shape index (κ1) is 15.8. The van der Waals surface area contributed by atoms with Gasteiger partial charge in [0.05, 0.1) is 5.92 Å². The third kappa shape index (κ3) is 3.75. The predicted molar refractivity (Wildman–Crippen MR) is 81.8 cm³/mol. The monoisotopic (exact) mass is 281 g/mol. The maximum Gasteiger partial charge on any atom is 0.308 e. The van der Waals surface area contributed by atoms with Crippen molar-refractivity contribution >= 4 is 5.97 Å². The maximum atomic E-state index is 11.6. The lowest BCUT2D eigenvalue weighted by Gasteiger charge is -2.44. The first-order valence-corrected chi connectivity index (χ1v) is 8.36. The molecule has 0 amide bonds. The Morgan fingerprint density at radius 3 is 2.15 bits per heavy atom. The molecule has 1 heterocycles. The van der Waals surface area contributed by atoms with E-state index in [-0.39, 0.29) is 12.0 Å². The second kappa shape index (κ2) is 6.46. The van der Waals surface area contributed by atoms with Gasteiger partial charge < -0.3 is 5.11 Å². The lowest BCUT2D eigenvalue weighted by Crippen LogP contribution is -2.49. The zero-order valence-electron chi connectivity index (χ0n) is 13.4. The Labute approximate surface area is 123 Å². The molecule has 2 aliphatic rings. The minimum absolute atomic E-state index is 0.147. The Morgan fingerprint density at radius 2 is 1.65 bits per heavy atom. The lowest BCUT2D eigenvalue weighted by atomic mass is 9.67. The van der Waals surface area contributed by atoms with Crippen LogP contribution in [0.2, 0.25) is 0 Å². The number of hydrogen-bond acceptors (Lipinski definition) is 2. The van der Waals surface area contributed by atoms with Gasteiger partial charge in [0.25, 0.3) is 0 Å². The highest BCUT2D eigenvalue weighted by atomic mass is 16.4. The molecule has 3 heteroatoms. The highest BCUT2D eigenvalue weighted by molar-refractivity contribution is 5.71. The molecule has 0 aromatic carbocycles. The number of carbonyl (C=O) groups is 1. The molecule has 2 rings (SSSR count). The van der Waals surface area contributed by atoms with E-state index in [1.165, 1.54) is 25.7 Å². The third-order valence-electron chi connectivity index (χ3n) is 5.47. The molecule has 1 saturated heterocycles. The first-order chi connectivity index (χ1) is 9.39. The second-order valence-electron chi connectivity index (χ2n) is 7.84. The van der Waals surface area contributed by atoms with Crippen molar-refractivity contribution in [3.05, 3.63) is 0 Å². The average molecular weight is 281 g/mol. The summed E-state index contributed by atoms with van der Waals surface area (Å²) < 4.78 is 0. The molecular formula is C17H31NO2. The van der Waals surface area contributed by atoms with E-state index in [0.29, 0.717) is 11.3 Å². The van der Waals surface area contributed by atoms with E-state index in [2.05, 4.69) is 25.7 Å². The van der Waals surface area contributed by atoms with Crippen LogP contribution in [-0.2, 0) is 4.79 Å². The zero-order valence-corrected chi connectivity index (χ0v) is 13.4. The van der Waals surface area contributed by atoms with Crippen LogP contribution in [0, 0.1) is 17.3 Å². The summed E-state index contributed by atoms with van der Waals surface area (Å²) in [4.78, 5) is 14.1. The van der Waals surface area contributed by atoms with Gasteiger partial charge in [-0.2, -0.15) is 0 Å². The third-order valence-corrected chi connectivity index (χ3v) is 5.47. The number of carboxylic acids is 1. The SMILES string of the molecule is CC(C)(C)C1CCC(C(=O)O)C(N2CCCCCC2)C1. The highest BCUT2D eigenvalue weighted by Gasteiger charge is 2.41. The fourth-order valence-electron chi connectivity index (χ4n) is 4.05. The van der Waals surface area contributed by atoms with Gasteiger partial charge in [-0.3, -0.25) is 9.69 Å². The van der Waals surface area contributed by atoms with Crippen LogP contribution in [0.25, 0.3) is 0 Å². The summed E-state index contributed by atoms with van der Waals surface area (Å²) in [6.07, 6.45) is 8.10. The molecule has 0 aromatic heterocycles. The van der Waals surface area contributed by atoms with Crippen LogP contribution in [0.5, 0.6) is 0 Å². The molecule has 0 radical (unpaired) electrons. The Kier molecular flexibility index (Phi) is 5.11. The van der Waals surface area contributed by atoms with Crippen molar-refractivity contribution in [3.63, 3.8) is 0 Å². The van der Waals surface area contributed by atoms with E-state index in [4.69, 9.17) is 0 Å². The molecule has 3 atom stereocenters. The molecular weight excluding hydrogens is 250 g/mol. The van der Waals surface area contributed by atoms with Crippen LogP contribution in [-0.4, -0.2) is 35.1 Å². The first-order valence-electron chi connectivity index (χ1n) is 8.36. The van der Waals surface area contributed by atoms with Gasteiger partial charge in [-0.05, 0) is 56.5 Å². The fraction of sp³-hybridized carbons (Fsp3) is 0.941. The van der Waals surface area contributed by atoms with Crippen LogP contribution in [0.1, 0.15) is 65.7 Å².